The second-order valence-electron chi connectivity index (χ2n) is 5.16. The highest BCUT2D eigenvalue weighted by Crippen LogP contribution is 2.24. The molecule has 3 N–H and O–H groups in total. The van der Waals surface area contributed by atoms with Crippen LogP contribution in [0.3, 0.4) is 0 Å². The van der Waals surface area contributed by atoms with Gasteiger partial charge in [0.05, 0.1) is 13.0 Å². The maximum absolute atomic E-state index is 12.0. The van der Waals surface area contributed by atoms with E-state index in [4.69, 9.17) is 4.74 Å². The fraction of sp³-hybridized carbons (Fsp3) is 0.467. The average molecular weight is 292 g/mol. The predicted molar refractivity (Wildman–Crippen MR) is 78.5 cm³/mol. The number of urea groups is 1. The van der Waals surface area contributed by atoms with Crippen LogP contribution >= 0.6 is 0 Å². The van der Waals surface area contributed by atoms with Crippen molar-refractivity contribution in [3.63, 3.8) is 0 Å². The van der Waals surface area contributed by atoms with Crippen molar-refractivity contribution in [2.24, 2.45) is 5.92 Å². The number of rotatable bonds is 4. The van der Waals surface area contributed by atoms with Gasteiger partial charge < -0.3 is 20.5 Å². The molecule has 2 rings (SSSR count). The molecule has 0 spiro atoms. The minimum Gasteiger partial charge on any atom is -0.497 e. The number of carboxylic acids is 1. The fourth-order valence-electron chi connectivity index (χ4n) is 2.61. The van der Waals surface area contributed by atoms with E-state index >= 15 is 0 Å². The first-order chi connectivity index (χ1) is 10.1. The number of hydrogen-bond donors (Lipinski definition) is 3. The minimum absolute atomic E-state index is 0.311. The van der Waals surface area contributed by atoms with Crippen molar-refractivity contribution in [3.05, 3.63) is 24.3 Å². The number of aliphatic carboxylic acids is 1. The average Bonchev–Trinajstić information content (AvgIpc) is 2.48. The maximum Gasteiger partial charge on any atom is 0.319 e. The van der Waals surface area contributed by atoms with Gasteiger partial charge in [-0.25, -0.2) is 4.79 Å². The smallest absolute Gasteiger partial charge is 0.319 e. The molecule has 6 nitrogen and oxygen atoms in total. The fourth-order valence-corrected chi connectivity index (χ4v) is 2.61. The normalized spacial score (nSPS) is 21.4. The van der Waals surface area contributed by atoms with Gasteiger partial charge in [-0.15, -0.1) is 0 Å². The lowest BCUT2D eigenvalue weighted by atomic mass is 9.84. The lowest BCUT2D eigenvalue weighted by Gasteiger charge is -2.29. The van der Waals surface area contributed by atoms with E-state index in [0.29, 0.717) is 24.3 Å². The Labute approximate surface area is 123 Å². The van der Waals surface area contributed by atoms with Gasteiger partial charge in [-0.2, -0.15) is 0 Å². The lowest BCUT2D eigenvalue weighted by molar-refractivity contribution is -0.143. The standard InChI is InChI=1S/C15H20N2O4/c1-21-11-8-6-10(7-9-11)16-15(20)17-13-5-3-2-4-12(13)14(18)19/h6-9,12-13H,2-5H2,1H3,(H,18,19)(H2,16,17,20). The molecule has 1 aliphatic carbocycles. The molecule has 0 saturated heterocycles. The Bertz CT molecular complexity index is 501. The van der Waals surface area contributed by atoms with Crippen molar-refractivity contribution in [2.75, 3.05) is 12.4 Å². The third kappa shape index (κ3) is 4.11. The zero-order valence-corrected chi connectivity index (χ0v) is 12.0. The van der Waals surface area contributed by atoms with Crippen LogP contribution in [0.5, 0.6) is 5.75 Å². The van der Waals surface area contributed by atoms with Crippen molar-refractivity contribution in [3.8, 4) is 5.75 Å². The molecule has 0 radical (unpaired) electrons. The highest BCUT2D eigenvalue weighted by atomic mass is 16.5. The zero-order chi connectivity index (χ0) is 15.2. The monoisotopic (exact) mass is 292 g/mol. The third-order valence-electron chi connectivity index (χ3n) is 3.75. The number of carbonyl (C=O) groups excluding carboxylic acids is 1. The Morgan fingerprint density at radius 3 is 2.48 bits per heavy atom. The van der Waals surface area contributed by atoms with E-state index in [9.17, 15) is 14.7 Å². The summed E-state index contributed by atoms with van der Waals surface area (Å²) >= 11 is 0. The molecule has 1 aliphatic rings. The lowest BCUT2D eigenvalue weighted by Crippen LogP contribution is -2.46. The van der Waals surface area contributed by atoms with Crippen molar-refractivity contribution in [2.45, 2.75) is 31.7 Å². The first-order valence-electron chi connectivity index (χ1n) is 7.04. The van der Waals surface area contributed by atoms with Crippen LogP contribution in [0.2, 0.25) is 0 Å². The van der Waals surface area contributed by atoms with Gasteiger partial charge in [0.25, 0.3) is 0 Å². The molecule has 2 atom stereocenters. The number of amides is 2. The van der Waals surface area contributed by atoms with Crippen LogP contribution in [0.4, 0.5) is 10.5 Å². The van der Waals surface area contributed by atoms with Gasteiger partial charge in [-0.3, -0.25) is 4.79 Å². The Hall–Kier alpha value is -2.24. The first kappa shape index (κ1) is 15.2. The van der Waals surface area contributed by atoms with E-state index < -0.39 is 11.9 Å². The SMILES string of the molecule is COc1ccc(NC(=O)NC2CCCCC2C(=O)O)cc1. The Kier molecular flexibility index (Phi) is 5.03. The quantitative estimate of drug-likeness (QED) is 0.795. The molecule has 6 heteroatoms. The van der Waals surface area contributed by atoms with E-state index in [1.165, 1.54) is 0 Å². The van der Waals surface area contributed by atoms with E-state index in [1.807, 2.05) is 0 Å². The maximum atomic E-state index is 12.0. The van der Waals surface area contributed by atoms with Gasteiger partial charge in [0, 0.05) is 11.7 Å². The highest BCUT2D eigenvalue weighted by Gasteiger charge is 2.31. The summed E-state index contributed by atoms with van der Waals surface area (Å²) in [6.45, 7) is 0. The highest BCUT2D eigenvalue weighted by molar-refractivity contribution is 5.89. The van der Waals surface area contributed by atoms with Gasteiger partial charge in [0.2, 0.25) is 0 Å². The number of carbonyl (C=O) groups is 2. The number of nitrogens with one attached hydrogen (secondary N) is 2. The van der Waals surface area contributed by atoms with Crippen LogP contribution in [-0.2, 0) is 4.79 Å². The van der Waals surface area contributed by atoms with Crippen LogP contribution in [0, 0.1) is 5.92 Å². The first-order valence-corrected chi connectivity index (χ1v) is 7.04. The van der Waals surface area contributed by atoms with Crippen LogP contribution in [0.15, 0.2) is 24.3 Å². The molecule has 0 aliphatic heterocycles. The molecular formula is C15H20N2O4. The molecule has 1 fully saturated rings. The molecule has 114 valence electrons. The van der Waals surface area contributed by atoms with Crippen LogP contribution in [0.1, 0.15) is 25.7 Å². The molecule has 0 heterocycles. The summed E-state index contributed by atoms with van der Waals surface area (Å²) in [4.78, 5) is 23.1. The Morgan fingerprint density at radius 2 is 1.86 bits per heavy atom. The van der Waals surface area contributed by atoms with Crippen molar-refractivity contribution in [1.29, 1.82) is 0 Å². The number of ether oxygens (including phenoxy) is 1. The summed E-state index contributed by atoms with van der Waals surface area (Å²) in [6, 6.07) is 6.27. The summed E-state index contributed by atoms with van der Waals surface area (Å²) in [5, 5.41) is 14.7. The van der Waals surface area contributed by atoms with E-state index in [1.54, 1.807) is 31.4 Å². The number of carboxylic acid groups (broad SMARTS) is 1. The molecule has 1 aromatic rings. The molecular weight excluding hydrogens is 272 g/mol. The van der Waals surface area contributed by atoms with E-state index in [-0.39, 0.29) is 12.1 Å². The van der Waals surface area contributed by atoms with Gasteiger partial charge in [-0.1, -0.05) is 12.8 Å². The zero-order valence-electron chi connectivity index (χ0n) is 12.0. The van der Waals surface area contributed by atoms with E-state index in [0.717, 1.165) is 12.8 Å². The molecule has 2 amide bonds. The second kappa shape index (κ2) is 6.97. The number of benzene rings is 1. The Balaban J connectivity index is 1.92. The van der Waals surface area contributed by atoms with Crippen LogP contribution < -0.4 is 15.4 Å². The van der Waals surface area contributed by atoms with Gasteiger partial charge in [0.15, 0.2) is 0 Å². The van der Waals surface area contributed by atoms with E-state index in [2.05, 4.69) is 10.6 Å². The predicted octanol–water partition coefficient (Wildman–Crippen LogP) is 2.46. The second-order valence-corrected chi connectivity index (χ2v) is 5.16. The van der Waals surface area contributed by atoms with Crippen LogP contribution in [-0.4, -0.2) is 30.3 Å². The minimum atomic E-state index is -0.843. The topological polar surface area (TPSA) is 87.7 Å². The summed E-state index contributed by atoms with van der Waals surface area (Å²) in [6.07, 6.45) is 3.16. The van der Waals surface area contributed by atoms with Crippen molar-refractivity contribution >= 4 is 17.7 Å². The molecule has 1 saturated carbocycles. The van der Waals surface area contributed by atoms with Gasteiger partial charge in [-0.05, 0) is 37.1 Å². The summed E-state index contributed by atoms with van der Waals surface area (Å²) in [7, 11) is 1.57. The molecule has 1 aromatic carbocycles. The summed E-state index contributed by atoms with van der Waals surface area (Å²) in [5.74, 6) is -0.635. The third-order valence-corrected chi connectivity index (χ3v) is 3.75. The largest absolute Gasteiger partial charge is 0.497 e. The van der Waals surface area contributed by atoms with Gasteiger partial charge in [0.1, 0.15) is 5.75 Å². The summed E-state index contributed by atoms with van der Waals surface area (Å²) in [5.41, 5.74) is 0.635. The molecule has 0 bridgehead atoms. The van der Waals surface area contributed by atoms with Crippen molar-refractivity contribution < 1.29 is 19.4 Å². The van der Waals surface area contributed by atoms with Gasteiger partial charge >= 0.3 is 12.0 Å². The van der Waals surface area contributed by atoms with Crippen LogP contribution in [0.25, 0.3) is 0 Å². The van der Waals surface area contributed by atoms with Crippen molar-refractivity contribution in [1.82, 2.24) is 5.32 Å². The number of hydrogen-bond acceptors (Lipinski definition) is 3. The number of anilines is 1. The molecule has 21 heavy (non-hydrogen) atoms. The number of methoxy groups -OCH3 is 1. The summed E-state index contributed by atoms with van der Waals surface area (Å²) < 4.78 is 5.04. The molecule has 0 aromatic heterocycles. The molecule has 2 unspecified atom stereocenters. The Morgan fingerprint density at radius 1 is 1.19 bits per heavy atom.